The quantitative estimate of drug-likeness (QED) is 0.436. The highest BCUT2D eigenvalue weighted by molar-refractivity contribution is 7.52. The molecule has 2 aromatic rings. The largest absolute Gasteiger partial charge is 0.368 e. The van der Waals surface area contributed by atoms with E-state index in [0.717, 1.165) is 12.8 Å². The molecule has 1 saturated carbocycles. The maximum absolute atomic E-state index is 11.4. The molecule has 0 amide bonds. The monoisotopic (exact) mass is 388 g/mol. The van der Waals surface area contributed by atoms with Gasteiger partial charge in [-0.25, -0.2) is 4.98 Å². The normalized spacial score (nSPS) is 27.1. The Morgan fingerprint density at radius 1 is 1.44 bits per heavy atom. The second-order valence-corrected chi connectivity index (χ2v) is 8.63. The zero-order chi connectivity index (χ0) is 17.8. The summed E-state index contributed by atoms with van der Waals surface area (Å²) in [6, 6.07) is 0.391. The van der Waals surface area contributed by atoms with Gasteiger partial charge in [-0.1, -0.05) is 11.6 Å². The number of ether oxygens (including phenoxy) is 1. The summed E-state index contributed by atoms with van der Waals surface area (Å²) in [4.78, 5) is 31.4. The number of alkyl halides is 1. The molecule has 136 valence electrons. The first-order chi connectivity index (χ1) is 11.8. The van der Waals surface area contributed by atoms with Crippen molar-refractivity contribution in [3.63, 3.8) is 0 Å². The van der Waals surface area contributed by atoms with Crippen LogP contribution < -0.4 is 11.1 Å². The van der Waals surface area contributed by atoms with Gasteiger partial charge in [-0.15, -0.1) is 0 Å². The van der Waals surface area contributed by atoms with E-state index >= 15 is 0 Å². The van der Waals surface area contributed by atoms with Crippen molar-refractivity contribution >= 4 is 42.1 Å². The number of nitrogens with one attached hydrogen (secondary N) is 1. The Hall–Kier alpha value is -1.45. The van der Waals surface area contributed by atoms with Gasteiger partial charge in [-0.3, -0.25) is 4.57 Å². The number of halogens is 1. The number of imidazole rings is 1. The molecule has 10 nitrogen and oxygen atoms in total. The number of rotatable bonds is 5. The van der Waals surface area contributed by atoms with Crippen molar-refractivity contribution in [1.82, 2.24) is 19.5 Å². The molecular formula is C13H18ClN6O4P. The number of anilines is 2. The molecule has 2 aromatic heterocycles. The molecule has 3 atom stereocenters. The zero-order valence-corrected chi connectivity index (χ0v) is 14.8. The standard InChI is InChI=1S/C13H18ClN6O4P/c14-10-6(3-8(24-10)25(21,22)23)4-20-5-16-9-11(17-7-1-2-7)18-13(15)19-12(9)20/h5-8,10H,1-4H2,(H2,21,22,23)(H3,15,17,18,19)/t6-,8-,10+/m1/s1. The second kappa shape index (κ2) is 6.07. The number of aromatic nitrogens is 4. The number of nitrogen functional groups attached to an aromatic ring is 1. The molecule has 5 N–H and O–H groups in total. The molecule has 0 bridgehead atoms. The SMILES string of the molecule is Nc1nc(NC2CC2)c2ncn(C[C@H]3C[C@@H](P(=O)(O)O)O[C@@H]3Cl)c2n1. The van der Waals surface area contributed by atoms with Gasteiger partial charge in [0.15, 0.2) is 22.8 Å². The van der Waals surface area contributed by atoms with E-state index in [4.69, 9.17) is 22.1 Å². The van der Waals surface area contributed by atoms with Crippen LogP contribution in [0.3, 0.4) is 0 Å². The van der Waals surface area contributed by atoms with Crippen LogP contribution in [0.4, 0.5) is 11.8 Å². The lowest BCUT2D eigenvalue weighted by atomic mass is 10.1. The summed E-state index contributed by atoms with van der Waals surface area (Å²) in [6.07, 6.45) is 3.93. The lowest BCUT2D eigenvalue weighted by Gasteiger charge is -2.13. The van der Waals surface area contributed by atoms with Gasteiger partial charge in [0.2, 0.25) is 5.95 Å². The van der Waals surface area contributed by atoms with Crippen LogP contribution in [0, 0.1) is 5.92 Å². The molecule has 0 aromatic carbocycles. The van der Waals surface area contributed by atoms with Gasteiger partial charge in [-0.2, -0.15) is 9.97 Å². The Labute approximate surface area is 147 Å². The Morgan fingerprint density at radius 2 is 2.20 bits per heavy atom. The highest BCUT2D eigenvalue weighted by atomic mass is 35.5. The maximum atomic E-state index is 11.4. The van der Waals surface area contributed by atoms with Crippen molar-refractivity contribution < 1.29 is 19.1 Å². The Morgan fingerprint density at radius 3 is 2.84 bits per heavy atom. The highest BCUT2D eigenvalue weighted by Crippen LogP contribution is 2.50. The van der Waals surface area contributed by atoms with E-state index in [9.17, 15) is 14.4 Å². The van der Waals surface area contributed by atoms with Crippen LogP contribution in [0.15, 0.2) is 6.33 Å². The van der Waals surface area contributed by atoms with Gasteiger partial charge in [0.05, 0.1) is 6.33 Å². The fourth-order valence-corrected chi connectivity index (χ4v) is 4.14. The summed E-state index contributed by atoms with van der Waals surface area (Å²) in [5.41, 5.74) is 6.18. The Bertz CT molecular complexity index is 852. The van der Waals surface area contributed by atoms with E-state index in [0.29, 0.717) is 29.6 Å². The molecule has 0 spiro atoms. The molecule has 0 radical (unpaired) electrons. The van der Waals surface area contributed by atoms with Crippen molar-refractivity contribution in [2.24, 2.45) is 5.92 Å². The summed E-state index contributed by atoms with van der Waals surface area (Å²) in [7, 11) is -4.34. The predicted octanol–water partition coefficient (Wildman–Crippen LogP) is 1.09. The van der Waals surface area contributed by atoms with Crippen molar-refractivity contribution in [1.29, 1.82) is 0 Å². The summed E-state index contributed by atoms with van der Waals surface area (Å²) >= 11 is 6.12. The van der Waals surface area contributed by atoms with E-state index in [1.807, 2.05) is 0 Å². The topological polar surface area (TPSA) is 148 Å². The first-order valence-electron chi connectivity index (χ1n) is 7.91. The molecule has 1 aliphatic carbocycles. The van der Waals surface area contributed by atoms with E-state index < -0.39 is 19.0 Å². The number of hydrogen-bond acceptors (Lipinski definition) is 7. The Balaban J connectivity index is 1.59. The minimum absolute atomic E-state index is 0.135. The number of fused-ring (bicyclic) bond motifs is 1. The van der Waals surface area contributed by atoms with Crippen LogP contribution in [0.25, 0.3) is 11.2 Å². The van der Waals surface area contributed by atoms with Gasteiger partial charge >= 0.3 is 7.60 Å². The van der Waals surface area contributed by atoms with Gasteiger partial charge in [0.1, 0.15) is 5.56 Å². The average Bonchev–Trinajstić information content (AvgIpc) is 3.12. The molecular weight excluding hydrogens is 371 g/mol. The Kier molecular flexibility index (Phi) is 4.12. The second-order valence-electron chi connectivity index (χ2n) is 6.44. The molecule has 25 heavy (non-hydrogen) atoms. The molecule has 1 saturated heterocycles. The summed E-state index contributed by atoms with van der Waals surface area (Å²) in [5.74, 6) is -0.730. The molecule has 12 heteroatoms. The van der Waals surface area contributed by atoms with Gasteiger partial charge in [-0.05, 0) is 19.3 Å². The summed E-state index contributed by atoms with van der Waals surface area (Å²) in [5, 5.41) is 3.28. The lowest BCUT2D eigenvalue weighted by Crippen LogP contribution is -2.16. The minimum Gasteiger partial charge on any atom is -0.368 e. The maximum Gasteiger partial charge on any atom is 0.354 e. The number of hydrogen-bond donors (Lipinski definition) is 4. The van der Waals surface area contributed by atoms with E-state index in [1.165, 1.54) is 0 Å². The van der Waals surface area contributed by atoms with Crippen molar-refractivity contribution in [2.45, 2.75) is 43.3 Å². The van der Waals surface area contributed by atoms with Crippen LogP contribution in [0.1, 0.15) is 19.3 Å². The smallest absolute Gasteiger partial charge is 0.354 e. The molecule has 2 aliphatic rings. The summed E-state index contributed by atoms with van der Waals surface area (Å²) in [6.45, 7) is 0.362. The first-order valence-corrected chi connectivity index (χ1v) is 10.0. The van der Waals surface area contributed by atoms with E-state index in [1.54, 1.807) is 10.9 Å². The molecule has 2 fully saturated rings. The lowest BCUT2D eigenvalue weighted by molar-refractivity contribution is 0.107. The van der Waals surface area contributed by atoms with Crippen LogP contribution >= 0.6 is 19.2 Å². The molecule has 1 aliphatic heterocycles. The summed E-state index contributed by atoms with van der Waals surface area (Å²) < 4.78 is 18.4. The third kappa shape index (κ3) is 3.45. The zero-order valence-electron chi connectivity index (χ0n) is 13.1. The first kappa shape index (κ1) is 17.0. The van der Waals surface area contributed by atoms with Crippen LogP contribution in [0.2, 0.25) is 0 Å². The third-order valence-electron chi connectivity index (χ3n) is 4.37. The molecule has 4 rings (SSSR count). The third-order valence-corrected chi connectivity index (χ3v) is 5.91. The molecule has 3 heterocycles. The van der Waals surface area contributed by atoms with Crippen molar-refractivity contribution in [3.05, 3.63) is 6.33 Å². The van der Waals surface area contributed by atoms with E-state index in [-0.39, 0.29) is 18.3 Å². The molecule has 0 unspecified atom stereocenters. The predicted molar refractivity (Wildman–Crippen MR) is 91.0 cm³/mol. The average molecular weight is 389 g/mol. The highest BCUT2D eigenvalue weighted by Gasteiger charge is 2.43. The van der Waals surface area contributed by atoms with Crippen molar-refractivity contribution in [2.75, 3.05) is 11.1 Å². The van der Waals surface area contributed by atoms with Crippen LogP contribution in [-0.2, 0) is 15.8 Å². The fourth-order valence-electron chi connectivity index (χ4n) is 2.93. The minimum atomic E-state index is -4.34. The number of nitrogens with zero attached hydrogens (tertiary/aromatic N) is 4. The van der Waals surface area contributed by atoms with Crippen molar-refractivity contribution in [3.8, 4) is 0 Å². The van der Waals surface area contributed by atoms with E-state index in [2.05, 4.69) is 20.3 Å². The van der Waals surface area contributed by atoms with Gasteiger partial charge in [0, 0.05) is 18.5 Å². The van der Waals surface area contributed by atoms with Crippen LogP contribution in [-0.4, -0.2) is 46.8 Å². The van der Waals surface area contributed by atoms with Gasteiger partial charge < -0.3 is 30.1 Å². The fraction of sp³-hybridized carbons (Fsp3) is 0.615. The van der Waals surface area contributed by atoms with Crippen LogP contribution in [0.5, 0.6) is 0 Å². The van der Waals surface area contributed by atoms with Gasteiger partial charge in [0.25, 0.3) is 0 Å². The number of nitrogens with two attached hydrogens (primary N) is 1.